The number of likely N-dealkylation sites (tertiary alicyclic amines) is 1. The molecule has 0 radical (unpaired) electrons. The van der Waals surface area contributed by atoms with Crippen LogP contribution in [0.3, 0.4) is 0 Å². The fourth-order valence-electron chi connectivity index (χ4n) is 4.10. The lowest BCUT2D eigenvalue weighted by Gasteiger charge is -2.32. The third-order valence-corrected chi connectivity index (χ3v) is 6.37. The molecule has 2 aliphatic rings. The second-order valence-corrected chi connectivity index (χ2v) is 8.53. The van der Waals surface area contributed by atoms with Gasteiger partial charge in [-0.05, 0) is 48.3 Å². The molecule has 0 unspecified atom stereocenters. The monoisotopic (exact) mass is 495 g/mol. The largest absolute Gasteiger partial charge is 0.401 e. The van der Waals surface area contributed by atoms with Crippen molar-refractivity contribution >= 4 is 27.4 Å². The Kier molecular flexibility index (Phi) is 6.20. The molecule has 166 valence electrons. The zero-order valence-corrected chi connectivity index (χ0v) is 17.6. The number of nitrogens with one attached hydrogen (secondary N) is 1. The van der Waals surface area contributed by atoms with Crippen molar-refractivity contribution in [1.29, 1.82) is 0 Å². The quantitative estimate of drug-likeness (QED) is 0.635. The van der Waals surface area contributed by atoms with Gasteiger partial charge in [0.25, 0.3) is 0 Å². The number of aromatic nitrogens is 3. The smallest absolute Gasteiger partial charge is 0.389 e. The van der Waals surface area contributed by atoms with Gasteiger partial charge >= 0.3 is 6.18 Å². The van der Waals surface area contributed by atoms with Gasteiger partial charge in [0.2, 0.25) is 5.95 Å². The highest BCUT2D eigenvalue weighted by Gasteiger charge is 2.34. The summed E-state index contributed by atoms with van der Waals surface area (Å²) in [7, 11) is 0. The number of piperidine rings is 1. The molecule has 2 N–H and O–H groups in total. The summed E-state index contributed by atoms with van der Waals surface area (Å²) in [5.74, 6) is -0.399. The van der Waals surface area contributed by atoms with Crippen LogP contribution in [0.25, 0.3) is 5.52 Å². The lowest BCUT2D eigenvalue weighted by Crippen LogP contribution is -2.42. The highest BCUT2D eigenvalue weighted by molar-refractivity contribution is 9.10. The van der Waals surface area contributed by atoms with Crippen LogP contribution in [0.1, 0.15) is 30.9 Å². The molecule has 2 fully saturated rings. The lowest BCUT2D eigenvalue weighted by atomic mass is 9.93. The molecule has 2 aromatic rings. The van der Waals surface area contributed by atoms with Crippen LogP contribution < -0.4 is 5.32 Å². The lowest BCUT2D eigenvalue weighted by molar-refractivity contribution is -0.148. The number of ether oxygens (including phenoxy) is 1. The molecule has 0 saturated carbocycles. The van der Waals surface area contributed by atoms with Gasteiger partial charge in [0.05, 0.1) is 41.7 Å². The standard InChI is InChI=1S/C18H22BrF4N5O2/c19-14-15(20)12-7-24-17(25-11-3-6-30-8-13(11)29)26-28(12)16(14)10-1-4-27(5-2-10)9-18(21,22)23/h7,10-11,13,29H,1-6,8-9H2,(H,25,26)/t11-,13-/m1/s1. The van der Waals surface area contributed by atoms with E-state index in [4.69, 9.17) is 4.74 Å². The first-order valence-electron chi connectivity index (χ1n) is 9.77. The maximum absolute atomic E-state index is 14.7. The fraction of sp³-hybridized carbons (Fsp3) is 0.667. The summed E-state index contributed by atoms with van der Waals surface area (Å²) < 4.78 is 59.6. The molecule has 0 aromatic carbocycles. The van der Waals surface area contributed by atoms with Gasteiger partial charge in [-0.3, -0.25) is 4.90 Å². The van der Waals surface area contributed by atoms with E-state index in [0.29, 0.717) is 31.6 Å². The molecular formula is C18H22BrF4N5O2. The second kappa shape index (κ2) is 8.56. The average molecular weight is 496 g/mol. The molecule has 4 heterocycles. The highest BCUT2D eigenvalue weighted by Crippen LogP contribution is 2.37. The number of anilines is 1. The van der Waals surface area contributed by atoms with E-state index in [9.17, 15) is 22.7 Å². The number of aliphatic hydroxyl groups excluding tert-OH is 1. The summed E-state index contributed by atoms with van der Waals surface area (Å²) in [6.07, 6.45) is -2.06. The van der Waals surface area contributed by atoms with E-state index in [0.717, 1.165) is 0 Å². The van der Waals surface area contributed by atoms with Crippen molar-refractivity contribution in [3.8, 4) is 0 Å². The molecule has 0 bridgehead atoms. The van der Waals surface area contributed by atoms with Crippen molar-refractivity contribution in [1.82, 2.24) is 19.5 Å². The van der Waals surface area contributed by atoms with Gasteiger partial charge in [-0.25, -0.2) is 13.9 Å². The summed E-state index contributed by atoms with van der Waals surface area (Å²) in [6, 6.07) is -0.283. The molecular weight excluding hydrogens is 474 g/mol. The zero-order valence-electron chi connectivity index (χ0n) is 16.0. The molecule has 2 atom stereocenters. The Labute approximate surface area is 178 Å². The van der Waals surface area contributed by atoms with Crippen LogP contribution in [0, 0.1) is 5.82 Å². The van der Waals surface area contributed by atoms with E-state index in [1.807, 2.05) is 0 Å². The van der Waals surface area contributed by atoms with Gasteiger partial charge < -0.3 is 15.2 Å². The number of fused-ring (bicyclic) bond motifs is 1. The van der Waals surface area contributed by atoms with Crippen molar-refractivity contribution < 1.29 is 27.4 Å². The molecule has 0 aliphatic carbocycles. The zero-order chi connectivity index (χ0) is 21.5. The minimum atomic E-state index is -4.23. The molecule has 4 rings (SSSR count). The summed E-state index contributed by atoms with van der Waals surface area (Å²) in [5, 5.41) is 17.5. The summed E-state index contributed by atoms with van der Waals surface area (Å²) >= 11 is 3.29. The fourth-order valence-corrected chi connectivity index (χ4v) is 4.79. The van der Waals surface area contributed by atoms with Crippen molar-refractivity contribution in [2.45, 2.75) is 43.5 Å². The molecule has 0 spiro atoms. The number of halogens is 5. The van der Waals surface area contributed by atoms with Crippen LogP contribution in [-0.2, 0) is 4.74 Å². The molecule has 2 saturated heterocycles. The number of nitrogens with zero attached hydrogens (tertiary/aromatic N) is 4. The molecule has 30 heavy (non-hydrogen) atoms. The second-order valence-electron chi connectivity index (χ2n) is 7.74. The molecule has 7 nitrogen and oxygen atoms in total. The van der Waals surface area contributed by atoms with Gasteiger partial charge in [-0.1, -0.05) is 0 Å². The van der Waals surface area contributed by atoms with E-state index in [-0.39, 0.29) is 47.6 Å². The van der Waals surface area contributed by atoms with E-state index in [1.165, 1.54) is 15.6 Å². The van der Waals surface area contributed by atoms with Crippen molar-refractivity contribution in [2.24, 2.45) is 0 Å². The van der Waals surface area contributed by atoms with Gasteiger partial charge in [-0.15, -0.1) is 5.10 Å². The van der Waals surface area contributed by atoms with Crippen LogP contribution >= 0.6 is 15.9 Å². The van der Waals surface area contributed by atoms with Crippen LogP contribution in [0.5, 0.6) is 0 Å². The van der Waals surface area contributed by atoms with Gasteiger partial charge in [0, 0.05) is 12.5 Å². The van der Waals surface area contributed by atoms with Gasteiger partial charge in [-0.2, -0.15) is 13.2 Å². The Morgan fingerprint density at radius 3 is 2.67 bits per heavy atom. The van der Waals surface area contributed by atoms with Crippen LogP contribution in [0.2, 0.25) is 0 Å². The molecule has 2 aliphatic heterocycles. The maximum atomic E-state index is 14.7. The number of alkyl halides is 3. The van der Waals surface area contributed by atoms with Gasteiger partial charge in [0.15, 0.2) is 5.82 Å². The van der Waals surface area contributed by atoms with Crippen molar-refractivity contribution in [3.63, 3.8) is 0 Å². The first-order chi connectivity index (χ1) is 14.2. The Morgan fingerprint density at radius 1 is 1.27 bits per heavy atom. The first kappa shape index (κ1) is 21.7. The van der Waals surface area contributed by atoms with Crippen molar-refractivity contribution in [3.05, 3.63) is 22.2 Å². The Hall–Kier alpha value is -1.50. The van der Waals surface area contributed by atoms with E-state index in [2.05, 4.69) is 31.3 Å². The summed E-state index contributed by atoms with van der Waals surface area (Å²) in [5.41, 5.74) is 0.778. The van der Waals surface area contributed by atoms with Crippen molar-refractivity contribution in [2.75, 3.05) is 38.2 Å². The Balaban J connectivity index is 1.56. The number of hydrogen-bond donors (Lipinski definition) is 2. The third kappa shape index (κ3) is 4.56. The molecule has 0 amide bonds. The SMILES string of the molecule is O[C@@H]1COCC[C@H]1Nc1ncc2c(F)c(Br)c(C3CCN(CC(F)(F)F)CC3)n2n1. The van der Waals surface area contributed by atoms with E-state index >= 15 is 0 Å². The highest BCUT2D eigenvalue weighted by atomic mass is 79.9. The van der Waals surface area contributed by atoms with Crippen LogP contribution in [0.15, 0.2) is 10.7 Å². The van der Waals surface area contributed by atoms with Crippen LogP contribution in [-0.4, -0.2) is 75.8 Å². The summed E-state index contributed by atoms with van der Waals surface area (Å²) in [4.78, 5) is 5.53. The Bertz CT molecular complexity index is 901. The average Bonchev–Trinajstić information content (AvgIpc) is 2.93. The maximum Gasteiger partial charge on any atom is 0.401 e. The number of rotatable bonds is 4. The number of hydrogen-bond acceptors (Lipinski definition) is 6. The molecule has 2 aromatic heterocycles. The Morgan fingerprint density at radius 2 is 2.00 bits per heavy atom. The van der Waals surface area contributed by atoms with E-state index in [1.54, 1.807) is 0 Å². The van der Waals surface area contributed by atoms with E-state index < -0.39 is 24.6 Å². The summed E-state index contributed by atoms with van der Waals surface area (Å²) in [6.45, 7) is 0.327. The molecule has 12 heteroatoms. The van der Waals surface area contributed by atoms with Crippen LogP contribution in [0.4, 0.5) is 23.5 Å². The third-order valence-electron chi connectivity index (χ3n) is 5.62. The minimum absolute atomic E-state index is 0.141. The normalized spacial score (nSPS) is 24.5. The topological polar surface area (TPSA) is 74.9 Å². The predicted octanol–water partition coefficient (Wildman–Crippen LogP) is 2.93. The predicted molar refractivity (Wildman–Crippen MR) is 104 cm³/mol. The first-order valence-corrected chi connectivity index (χ1v) is 10.6. The minimum Gasteiger partial charge on any atom is -0.389 e. The van der Waals surface area contributed by atoms with Gasteiger partial charge in [0.1, 0.15) is 5.52 Å². The number of aliphatic hydroxyl groups is 1.